The van der Waals surface area contributed by atoms with Crippen molar-refractivity contribution in [1.29, 1.82) is 0 Å². The molecule has 4 aromatic rings. The molecule has 3 N–H and O–H groups in total. The lowest BCUT2D eigenvalue weighted by molar-refractivity contribution is 0.262. The zero-order valence-electron chi connectivity index (χ0n) is 19.6. The Kier molecular flexibility index (Phi) is 6.77. The molecule has 174 valence electrons. The lowest BCUT2D eigenvalue weighted by atomic mass is 10.1. The number of aromatic nitrogens is 2. The highest BCUT2D eigenvalue weighted by molar-refractivity contribution is 6.00. The lowest BCUT2D eigenvalue weighted by Crippen LogP contribution is -2.20. The van der Waals surface area contributed by atoms with Gasteiger partial charge in [-0.15, -0.1) is 0 Å². The van der Waals surface area contributed by atoms with Gasteiger partial charge in [-0.1, -0.05) is 29.8 Å². The predicted octanol–water partition coefficient (Wildman–Crippen LogP) is 5.52. The number of benzene rings is 3. The molecule has 0 spiro atoms. The van der Waals surface area contributed by atoms with E-state index in [9.17, 15) is 4.79 Å². The first-order chi connectivity index (χ1) is 16.5. The molecule has 2 amide bonds. The molecule has 0 saturated heterocycles. The average Bonchev–Trinajstić information content (AvgIpc) is 2.83. The van der Waals surface area contributed by atoms with Crippen molar-refractivity contribution in [3.05, 3.63) is 77.6 Å². The molecule has 0 fully saturated rings. The van der Waals surface area contributed by atoms with E-state index in [-0.39, 0.29) is 6.03 Å². The second-order valence-corrected chi connectivity index (χ2v) is 7.90. The fourth-order valence-electron chi connectivity index (χ4n) is 3.71. The molecule has 8 nitrogen and oxygen atoms in total. The molecule has 0 saturated carbocycles. The number of anilines is 3. The first kappa shape index (κ1) is 22.8. The van der Waals surface area contributed by atoms with Crippen LogP contribution < -0.4 is 25.4 Å². The Balaban J connectivity index is 1.45. The SMILES string of the molecule is COc1cc2ncnc(NCc3cccc(NC(=O)Nc4ccc(C)cc4C)c3)c2cc1OC. The van der Waals surface area contributed by atoms with Crippen LogP contribution in [0.3, 0.4) is 0 Å². The third-order valence-corrected chi connectivity index (χ3v) is 5.42. The highest BCUT2D eigenvalue weighted by Crippen LogP contribution is 2.33. The van der Waals surface area contributed by atoms with Crippen molar-refractivity contribution in [2.24, 2.45) is 0 Å². The number of ether oxygens (including phenoxy) is 2. The van der Waals surface area contributed by atoms with Crippen molar-refractivity contribution in [3.63, 3.8) is 0 Å². The molecular weight excluding hydrogens is 430 g/mol. The standard InChI is InChI=1S/C26H27N5O3/c1-16-8-9-21(17(2)10-16)31-26(32)30-19-7-5-6-18(11-19)14-27-25-20-12-23(33-3)24(34-4)13-22(20)28-15-29-25/h5-13,15H,14H2,1-4H3,(H,27,28,29)(H2,30,31,32). The highest BCUT2D eigenvalue weighted by atomic mass is 16.5. The molecule has 0 bridgehead atoms. The predicted molar refractivity (Wildman–Crippen MR) is 135 cm³/mol. The van der Waals surface area contributed by atoms with E-state index < -0.39 is 0 Å². The van der Waals surface area contributed by atoms with Crippen LogP contribution in [0.15, 0.2) is 60.9 Å². The van der Waals surface area contributed by atoms with Crippen LogP contribution in [0.4, 0.5) is 22.0 Å². The largest absolute Gasteiger partial charge is 0.493 e. The summed E-state index contributed by atoms with van der Waals surface area (Å²) in [6, 6.07) is 16.9. The summed E-state index contributed by atoms with van der Waals surface area (Å²) >= 11 is 0. The van der Waals surface area contributed by atoms with E-state index in [2.05, 4.69) is 25.9 Å². The number of hydrogen-bond acceptors (Lipinski definition) is 6. The Hall–Kier alpha value is -4.33. The van der Waals surface area contributed by atoms with Crippen LogP contribution in [0.1, 0.15) is 16.7 Å². The van der Waals surface area contributed by atoms with Gasteiger partial charge in [0.05, 0.1) is 19.7 Å². The van der Waals surface area contributed by atoms with E-state index in [0.717, 1.165) is 33.3 Å². The number of urea groups is 1. The summed E-state index contributed by atoms with van der Waals surface area (Å²) in [5.41, 5.74) is 5.37. The van der Waals surface area contributed by atoms with Gasteiger partial charge in [-0.2, -0.15) is 0 Å². The van der Waals surface area contributed by atoms with E-state index in [1.807, 2.05) is 68.4 Å². The molecule has 1 aromatic heterocycles. The smallest absolute Gasteiger partial charge is 0.323 e. The number of nitrogens with one attached hydrogen (secondary N) is 3. The molecule has 0 aliphatic rings. The van der Waals surface area contributed by atoms with Gasteiger partial charge in [-0.3, -0.25) is 0 Å². The van der Waals surface area contributed by atoms with E-state index >= 15 is 0 Å². The summed E-state index contributed by atoms with van der Waals surface area (Å²) in [5.74, 6) is 1.89. The van der Waals surface area contributed by atoms with Gasteiger partial charge in [0, 0.05) is 29.4 Å². The fraction of sp³-hybridized carbons (Fsp3) is 0.192. The van der Waals surface area contributed by atoms with Crippen LogP contribution in [0.5, 0.6) is 11.5 Å². The number of carbonyl (C=O) groups excluding carboxylic acids is 1. The van der Waals surface area contributed by atoms with Crippen LogP contribution in [0, 0.1) is 13.8 Å². The molecule has 4 rings (SSSR count). The van der Waals surface area contributed by atoms with Crippen molar-refractivity contribution in [1.82, 2.24) is 9.97 Å². The van der Waals surface area contributed by atoms with Gasteiger partial charge in [-0.05, 0) is 49.2 Å². The third-order valence-electron chi connectivity index (χ3n) is 5.42. The number of methoxy groups -OCH3 is 2. The molecule has 1 heterocycles. The molecular formula is C26H27N5O3. The number of rotatable bonds is 7. The second kappa shape index (κ2) is 10.1. The number of fused-ring (bicyclic) bond motifs is 1. The van der Waals surface area contributed by atoms with Crippen molar-refractivity contribution in [2.45, 2.75) is 20.4 Å². The van der Waals surface area contributed by atoms with E-state index in [4.69, 9.17) is 9.47 Å². The summed E-state index contributed by atoms with van der Waals surface area (Å²) in [6.07, 6.45) is 1.51. The topological polar surface area (TPSA) is 97.4 Å². The Bertz CT molecular complexity index is 1340. The van der Waals surface area contributed by atoms with Gasteiger partial charge in [0.25, 0.3) is 0 Å². The van der Waals surface area contributed by atoms with Gasteiger partial charge in [0.2, 0.25) is 0 Å². The van der Waals surface area contributed by atoms with Crippen molar-refractivity contribution >= 4 is 34.1 Å². The van der Waals surface area contributed by atoms with E-state index in [1.165, 1.54) is 6.33 Å². The monoisotopic (exact) mass is 457 g/mol. The lowest BCUT2D eigenvalue weighted by Gasteiger charge is -2.13. The van der Waals surface area contributed by atoms with Gasteiger partial charge < -0.3 is 25.4 Å². The maximum absolute atomic E-state index is 12.5. The van der Waals surface area contributed by atoms with E-state index in [0.29, 0.717) is 29.5 Å². The maximum atomic E-state index is 12.5. The summed E-state index contributed by atoms with van der Waals surface area (Å²) in [4.78, 5) is 21.2. The second-order valence-electron chi connectivity index (χ2n) is 7.90. The van der Waals surface area contributed by atoms with Crippen molar-refractivity contribution in [2.75, 3.05) is 30.2 Å². The molecule has 0 aliphatic heterocycles. The van der Waals surface area contributed by atoms with Crippen LogP contribution in [-0.4, -0.2) is 30.2 Å². The average molecular weight is 458 g/mol. The molecule has 34 heavy (non-hydrogen) atoms. The Morgan fingerprint density at radius 2 is 1.71 bits per heavy atom. The Morgan fingerprint density at radius 3 is 2.47 bits per heavy atom. The number of hydrogen-bond donors (Lipinski definition) is 3. The summed E-state index contributed by atoms with van der Waals surface area (Å²) in [5, 5.41) is 9.96. The Labute approximate surface area is 198 Å². The number of nitrogens with zero attached hydrogens (tertiary/aromatic N) is 2. The molecule has 8 heteroatoms. The number of aryl methyl sites for hydroxylation is 2. The molecule has 3 aromatic carbocycles. The van der Waals surface area contributed by atoms with Crippen molar-refractivity contribution in [3.8, 4) is 11.5 Å². The minimum absolute atomic E-state index is 0.292. The normalized spacial score (nSPS) is 10.6. The molecule has 0 aliphatic carbocycles. The van der Waals surface area contributed by atoms with Gasteiger partial charge >= 0.3 is 6.03 Å². The van der Waals surface area contributed by atoms with Crippen LogP contribution >= 0.6 is 0 Å². The first-order valence-electron chi connectivity index (χ1n) is 10.8. The molecule has 0 radical (unpaired) electrons. The summed E-state index contributed by atoms with van der Waals surface area (Å²) in [7, 11) is 3.18. The summed E-state index contributed by atoms with van der Waals surface area (Å²) < 4.78 is 10.8. The number of amides is 2. The highest BCUT2D eigenvalue weighted by Gasteiger charge is 2.11. The van der Waals surface area contributed by atoms with Crippen molar-refractivity contribution < 1.29 is 14.3 Å². The van der Waals surface area contributed by atoms with Crippen LogP contribution in [0.25, 0.3) is 10.9 Å². The van der Waals surface area contributed by atoms with Gasteiger partial charge in [0.15, 0.2) is 11.5 Å². The van der Waals surface area contributed by atoms with E-state index in [1.54, 1.807) is 14.2 Å². The minimum atomic E-state index is -0.292. The molecule has 0 atom stereocenters. The minimum Gasteiger partial charge on any atom is -0.493 e. The van der Waals surface area contributed by atoms with Crippen LogP contribution in [-0.2, 0) is 6.54 Å². The Morgan fingerprint density at radius 1 is 0.912 bits per heavy atom. The summed E-state index contributed by atoms with van der Waals surface area (Å²) in [6.45, 7) is 4.50. The fourth-order valence-corrected chi connectivity index (χ4v) is 3.71. The zero-order valence-corrected chi connectivity index (χ0v) is 19.6. The number of carbonyl (C=O) groups is 1. The van der Waals surface area contributed by atoms with Gasteiger partial charge in [0.1, 0.15) is 12.1 Å². The maximum Gasteiger partial charge on any atom is 0.323 e. The first-order valence-corrected chi connectivity index (χ1v) is 10.8. The molecule has 0 unspecified atom stereocenters. The van der Waals surface area contributed by atoms with Crippen LogP contribution in [0.2, 0.25) is 0 Å². The third kappa shape index (κ3) is 5.17. The van der Waals surface area contributed by atoms with Gasteiger partial charge in [-0.25, -0.2) is 14.8 Å². The quantitative estimate of drug-likeness (QED) is 0.338. The zero-order chi connectivity index (χ0) is 24.1.